The molecule has 3 N–H and O–H groups in total. The van der Waals surface area contributed by atoms with Crippen molar-refractivity contribution in [1.82, 2.24) is 10.5 Å². The molecule has 0 saturated carbocycles. The number of aliphatic carboxylic acids is 1. The SMILES string of the molecule is O=C(Cc1noc2ccccc12)NCCC(O)C(=O)O. The molecule has 1 amide bonds. The van der Waals surface area contributed by atoms with Gasteiger partial charge in [-0.15, -0.1) is 0 Å². The predicted octanol–water partition coefficient (Wildman–Crippen LogP) is 0.322. The fraction of sp³-hybridized carbons (Fsp3) is 0.308. The van der Waals surface area contributed by atoms with Crippen molar-refractivity contribution >= 4 is 22.8 Å². The van der Waals surface area contributed by atoms with E-state index < -0.39 is 12.1 Å². The van der Waals surface area contributed by atoms with Gasteiger partial charge in [-0.3, -0.25) is 4.79 Å². The molecule has 0 spiro atoms. The number of rotatable bonds is 6. The summed E-state index contributed by atoms with van der Waals surface area (Å²) in [6.07, 6.45) is -1.47. The van der Waals surface area contributed by atoms with Gasteiger partial charge in [0.15, 0.2) is 11.7 Å². The quantitative estimate of drug-likeness (QED) is 0.701. The normalized spacial score (nSPS) is 12.2. The van der Waals surface area contributed by atoms with E-state index in [-0.39, 0.29) is 25.3 Å². The van der Waals surface area contributed by atoms with Gasteiger partial charge in [-0.05, 0) is 12.1 Å². The van der Waals surface area contributed by atoms with Crippen molar-refractivity contribution in [3.8, 4) is 0 Å². The summed E-state index contributed by atoms with van der Waals surface area (Å²) in [6, 6.07) is 7.20. The lowest BCUT2D eigenvalue weighted by molar-refractivity contribution is -0.147. The lowest BCUT2D eigenvalue weighted by Crippen LogP contribution is -2.31. The maximum atomic E-state index is 11.7. The largest absolute Gasteiger partial charge is 0.479 e. The summed E-state index contributed by atoms with van der Waals surface area (Å²) < 4.78 is 5.08. The monoisotopic (exact) mass is 278 g/mol. The van der Waals surface area contributed by atoms with Crippen LogP contribution in [0.3, 0.4) is 0 Å². The molecule has 20 heavy (non-hydrogen) atoms. The van der Waals surface area contributed by atoms with Gasteiger partial charge in [0.25, 0.3) is 0 Å². The zero-order valence-corrected chi connectivity index (χ0v) is 10.6. The molecule has 0 aliphatic carbocycles. The summed E-state index contributed by atoms with van der Waals surface area (Å²) in [6.45, 7) is 0.0854. The van der Waals surface area contributed by atoms with Gasteiger partial charge >= 0.3 is 5.97 Å². The number of hydrogen-bond donors (Lipinski definition) is 3. The fourth-order valence-electron chi connectivity index (χ4n) is 1.75. The molecule has 0 aliphatic rings. The van der Waals surface area contributed by atoms with Gasteiger partial charge in [-0.1, -0.05) is 17.3 Å². The highest BCUT2D eigenvalue weighted by molar-refractivity contribution is 5.86. The van der Waals surface area contributed by atoms with Crippen molar-refractivity contribution in [2.75, 3.05) is 6.54 Å². The van der Waals surface area contributed by atoms with Crippen LogP contribution in [-0.4, -0.2) is 39.9 Å². The zero-order valence-electron chi connectivity index (χ0n) is 10.6. The Balaban J connectivity index is 1.87. The van der Waals surface area contributed by atoms with E-state index in [1.54, 1.807) is 6.07 Å². The molecule has 106 valence electrons. The minimum atomic E-state index is -1.47. The number of nitrogens with one attached hydrogen (secondary N) is 1. The Morgan fingerprint density at radius 2 is 2.10 bits per heavy atom. The third kappa shape index (κ3) is 3.33. The smallest absolute Gasteiger partial charge is 0.332 e. The number of aliphatic hydroxyl groups excluding tert-OH is 1. The van der Waals surface area contributed by atoms with E-state index in [4.69, 9.17) is 14.7 Å². The van der Waals surface area contributed by atoms with Crippen LogP contribution in [0.2, 0.25) is 0 Å². The fourth-order valence-corrected chi connectivity index (χ4v) is 1.75. The second-order valence-electron chi connectivity index (χ2n) is 4.29. The molecule has 0 aliphatic heterocycles. The minimum absolute atomic E-state index is 0.0410. The molecular weight excluding hydrogens is 264 g/mol. The van der Waals surface area contributed by atoms with Crippen LogP contribution in [-0.2, 0) is 16.0 Å². The van der Waals surface area contributed by atoms with E-state index in [1.165, 1.54) is 0 Å². The molecule has 0 saturated heterocycles. The van der Waals surface area contributed by atoms with E-state index >= 15 is 0 Å². The minimum Gasteiger partial charge on any atom is -0.479 e. The lowest BCUT2D eigenvalue weighted by atomic mass is 10.1. The van der Waals surface area contributed by atoms with Crippen molar-refractivity contribution in [1.29, 1.82) is 0 Å². The number of carboxylic acid groups (broad SMARTS) is 1. The van der Waals surface area contributed by atoms with Crippen molar-refractivity contribution in [2.24, 2.45) is 0 Å². The third-order valence-corrected chi connectivity index (χ3v) is 2.81. The number of carbonyl (C=O) groups excluding carboxylic acids is 1. The summed E-state index contributed by atoms with van der Waals surface area (Å²) in [5.41, 5.74) is 1.13. The molecular formula is C13H14N2O5. The van der Waals surface area contributed by atoms with E-state index in [2.05, 4.69) is 10.5 Å². The number of nitrogens with zero attached hydrogens (tertiary/aromatic N) is 1. The molecule has 0 fully saturated rings. The van der Waals surface area contributed by atoms with Crippen LogP contribution >= 0.6 is 0 Å². The van der Waals surface area contributed by atoms with Gasteiger partial charge in [-0.25, -0.2) is 4.79 Å². The van der Waals surface area contributed by atoms with Crippen molar-refractivity contribution in [3.63, 3.8) is 0 Å². The molecule has 1 atom stereocenters. The number of benzene rings is 1. The highest BCUT2D eigenvalue weighted by atomic mass is 16.5. The summed E-state index contributed by atoms with van der Waals surface area (Å²) in [5, 5.41) is 24.7. The van der Waals surface area contributed by atoms with Crippen LogP contribution in [0.25, 0.3) is 11.0 Å². The Kier molecular flexibility index (Phi) is 4.31. The lowest BCUT2D eigenvalue weighted by Gasteiger charge is -2.06. The highest BCUT2D eigenvalue weighted by Crippen LogP contribution is 2.17. The summed E-state index contributed by atoms with van der Waals surface area (Å²) in [7, 11) is 0. The molecule has 2 aromatic rings. The number of aliphatic hydroxyl groups is 1. The number of carboxylic acids is 1. The Morgan fingerprint density at radius 3 is 2.85 bits per heavy atom. The third-order valence-electron chi connectivity index (χ3n) is 2.81. The molecule has 1 aromatic heterocycles. The molecule has 1 aromatic carbocycles. The van der Waals surface area contributed by atoms with Crippen molar-refractivity contribution in [3.05, 3.63) is 30.0 Å². The molecule has 1 heterocycles. The van der Waals surface area contributed by atoms with Crippen LogP contribution < -0.4 is 5.32 Å². The van der Waals surface area contributed by atoms with Crippen LogP contribution in [0, 0.1) is 0 Å². The Morgan fingerprint density at radius 1 is 1.35 bits per heavy atom. The van der Waals surface area contributed by atoms with Crippen LogP contribution in [0.1, 0.15) is 12.1 Å². The Bertz CT molecular complexity index is 622. The number of amides is 1. The van der Waals surface area contributed by atoms with E-state index in [0.29, 0.717) is 11.3 Å². The van der Waals surface area contributed by atoms with E-state index in [9.17, 15) is 9.59 Å². The average molecular weight is 278 g/mol. The van der Waals surface area contributed by atoms with Crippen LogP contribution in [0.15, 0.2) is 28.8 Å². The topological polar surface area (TPSA) is 113 Å². The predicted molar refractivity (Wildman–Crippen MR) is 69.0 cm³/mol. The first-order valence-corrected chi connectivity index (χ1v) is 6.09. The van der Waals surface area contributed by atoms with Crippen molar-refractivity contribution in [2.45, 2.75) is 18.9 Å². The standard InChI is InChI=1S/C13H14N2O5/c16-10(13(18)19)5-6-14-12(17)7-9-8-3-1-2-4-11(8)20-15-9/h1-4,10,16H,5-7H2,(H,14,17)(H,18,19). The number of carbonyl (C=O) groups is 2. The molecule has 7 nitrogen and oxygen atoms in total. The van der Waals surface area contributed by atoms with Gasteiger partial charge in [0.05, 0.1) is 6.42 Å². The number of fused-ring (bicyclic) bond motifs is 1. The Hall–Kier alpha value is -2.41. The summed E-state index contributed by atoms with van der Waals surface area (Å²) >= 11 is 0. The average Bonchev–Trinajstić information content (AvgIpc) is 2.82. The van der Waals surface area contributed by atoms with Gasteiger partial charge in [0, 0.05) is 18.4 Å². The molecule has 2 rings (SSSR count). The highest BCUT2D eigenvalue weighted by Gasteiger charge is 2.14. The maximum absolute atomic E-state index is 11.7. The van der Waals surface area contributed by atoms with Crippen LogP contribution in [0.5, 0.6) is 0 Å². The summed E-state index contributed by atoms with van der Waals surface area (Å²) in [4.78, 5) is 22.1. The first-order valence-electron chi connectivity index (χ1n) is 6.09. The zero-order chi connectivity index (χ0) is 14.5. The maximum Gasteiger partial charge on any atom is 0.332 e. The van der Waals surface area contributed by atoms with Crippen LogP contribution in [0.4, 0.5) is 0 Å². The van der Waals surface area contributed by atoms with E-state index in [0.717, 1.165) is 5.39 Å². The van der Waals surface area contributed by atoms with E-state index in [1.807, 2.05) is 18.2 Å². The summed E-state index contributed by atoms with van der Waals surface area (Å²) in [5.74, 6) is -1.61. The number of aromatic nitrogens is 1. The molecule has 0 radical (unpaired) electrons. The first kappa shape index (κ1) is 14.0. The second-order valence-corrected chi connectivity index (χ2v) is 4.29. The number of hydrogen-bond acceptors (Lipinski definition) is 5. The van der Waals surface area contributed by atoms with Gasteiger partial charge in [0.1, 0.15) is 5.69 Å². The van der Waals surface area contributed by atoms with Gasteiger partial charge in [-0.2, -0.15) is 0 Å². The number of para-hydroxylation sites is 1. The van der Waals surface area contributed by atoms with Gasteiger partial charge < -0.3 is 20.1 Å². The first-order chi connectivity index (χ1) is 9.58. The van der Waals surface area contributed by atoms with Crippen molar-refractivity contribution < 1.29 is 24.3 Å². The molecule has 7 heteroatoms. The second kappa shape index (κ2) is 6.16. The molecule has 1 unspecified atom stereocenters. The van der Waals surface area contributed by atoms with Gasteiger partial charge in [0.2, 0.25) is 5.91 Å². The molecule has 0 bridgehead atoms. The Labute approximate surface area is 114 Å².